The second kappa shape index (κ2) is 6.48. The number of hydrogen-bond acceptors (Lipinski definition) is 5. The van der Waals surface area contributed by atoms with Crippen LogP contribution >= 0.6 is 11.3 Å². The summed E-state index contributed by atoms with van der Waals surface area (Å²) < 4.78 is 23.0. The number of thiophene rings is 1. The van der Waals surface area contributed by atoms with Gasteiger partial charge >= 0.3 is 0 Å². The summed E-state index contributed by atoms with van der Waals surface area (Å²) in [6.45, 7) is 2.17. The van der Waals surface area contributed by atoms with Gasteiger partial charge in [-0.05, 0) is 43.1 Å². The Bertz CT molecular complexity index is 782. The third kappa shape index (κ3) is 3.64. The van der Waals surface area contributed by atoms with Crippen LogP contribution in [-0.4, -0.2) is 31.7 Å². The highest BCUT2D eigenvalue weighted by molar-refractivity contribution is 7.91. The van der Waals surface area contributed by atoms with Crippen molar-refractivity contribution >= 4 is 38.0 Å². The maximum Gasteiger partial charge on any atom is 0.251 e. The highest BCUT2D eigenvalue weighted by Gasteiger charge is 2.31. The van der Waals surface area contributed by atoms with Gasteiger partial charge in [-0.15, -0.1) is 11.3 Å². The van der Waals surface area contributed by atoms with E-state index >= 15 is 0 Å². The Kier molecular flexibility index (Phi) is 4.70. The molecule has 1 saturated heterocycles. The van der Waals surface area contributed by atoms with E-state index in [4.69, 9.17) is 5.73 Å². The minimum absolute atomic E-state index is 0.0710. The molecular weight excluding hydrogens is 348 g/mol. The van der Waals surface area contributed by atoms with Crippen LogP contribution in [-0.2, 0) is 27.5 Å². The SMILES string of the molecule is C[C@@H]1CCc2c(sc(NC(=O)C[C@@H]3CCS(=O)(=O)C3)c2C(N)=O)C1. The number of anilines is 1. The Morgan fingerprint density at radius 1 is 1.33 bits per heavy atom. The van der Waals surface area contributed by atoms with Crippen molar-refractivity contribution < 1.29 is 18.0 Å². The van der Waals surface area contributed by atoms with Crippen molar-refractivity contribution in [3.05, 3.63) is 16.0 Å². The zero-order valence-electron chi connectivity index (χ0n) is 13.6. The van der Waals surface area contributed by atoms with Gasteiger partial charge in [-0.1, -0.05) is 6.92 Å². The summed E-state index contributed by atoms with van der Waals surface area (Å²) in [6.07, 6.45) is 3.41. The lowest BCUT2D eigenvalue weighted by atomic mass is 9.88. The van der Waals surface area contributed by atoms with Gasteiger partial charge in [-0.2, -0.15) is 0 Å². The van der Waals surface area contributed by atoms with Crippen molar-refractivity contribution in [2.24, 2.45) is 17.6 Å². The smallest absolute Gasteiger partial charge is 0.251 e. The number of hydrogen-bond donors (Lipinski definition) is 2. The molecule has 2 amide bonds. The zero-order valence-corrected chi connectivity index (χ0v) is 15.3. The summed E-state index contributed by atoms with van der Waals surface area (Å²) in [5, 5.41) is 3.32. The molecule has 0 spiro atoms. The molecule has 0 unspecified atom stereocenters. The van der Waals surface area contributed by atoms with Crippen molar-refractivity contribution in [3.8, 4) is 0 Å². The lowest BCUT2D eigenvalue weighted by Gasteiger charge is -2.18. The van der Waals surface area contributed by atoms with E-state index in [2.05, 4.69) is 12.2 Å². The quantitative estimate of drug-likeness (QED) is 0.842. The topological polar surface area (TPSA) is 106 Å². The molecule has 0 radical (unpaired) electrons. The van der Waals surface area contributed by atoms with E-state index in [0.717, 1.165) is 29.7 Å². The van der Waals surface area contributed by atoms with Gasteiger partial charge in [0.2, 0.25) is 5.91 Å². The van der Waals surface area contributed by atoms with Crippen molar-refractivity contribution in [2.75, 3.05) is 16.8 Å². The first-order valence-corrected chi connectivity index (χ1v) is 10.8. The van der Waals surface area contributed by atoms with E-state index in [1.165, 1.54) is 11.3 Å². The van der Waals surface area contributed by atoms with Crippen LogP contribution in [0.1, 0.15) is 47.0 Å². The lowest BCUT2D eigenvalue weighted by molar-refractivity contribution is -0.116. The molecular formula is C16H22N2O4S2. The summed E-state index contributed by atoms with van der Waals surface area (Å²) in [5.74, 6) is -0.109. The molecule has 1 aromatic heterocycles. The molecule has 0 saturated carbocycles. The number of nitrogens with one attached hydrogen (secondary N) is 1. The summed E-state index contributed by atoms with van der Waals surface area (Å²) in [5.41, 5.74) is 6.95. The molecule has 8 heteroatoms. The molecule has 6 nitrogen and oxygen atoms in total. The van der Waals surface area contributed by atoms with Gasteiger partial charge in [0.05, 0.1) is 17.1 Å². The first-order chi connectivity index (χ1) is 11.2. The Morgan fingerprint density at radius 2 is 2.08 bits per heavy atom. The highest BCUT2D eigenvalue weighted by atomic mass is 32.2. The highest BCUT2D eigenvalue weighted by Crippen LogP contribution is 2.39. The van der Waals surface area contributed by atoms with Crippen LogP contribution in [0.3, 0.4) is 0 Å². The summed E-state index contributed by atoms with van der Waals surface area (Å²) >= 11 is 1.43. The van der Waals surface area contributed by atoms with Crippen LogP contribution in [0, 0.1) is 11.8 Å². The molecule has 3 rings (SSSR count). The molecule has 1 aromatic rings. The fourth-order valence-corrected chi connectivity index (χ4v) is 6.87. The molecule has 1 aliphatic heterocycles. The monoisotopic (exact) mass is 370 g/mol. The lowest BCUT2D eigenvalue weighted by Crippen LogP contribution is -2.21. The number of nitrogens with two attached hydrogens (primary N) is 1. The van der Waals surface area contributed by atoms with Crippen LogP contribution in [0.25, 0.3) is 0 Å². The maximum absolute atomic E-state index is 12.3. The van der Waals surface area contributed by atoms with Crippen LogP contribution in [0.5, 0.6) is 0 Å². The number of carbonyl (C=O) groups is 2. The number of rotatable bonds is 4. The van der Waals surface area contributed by atoms with E-state index in [1.54, 1.807) is 0 Å². The van der Waals surface area contributed by atoms with E-state index in [0.29, 0.717) is 22.9 Å². The van der Waals surface area contributed by atoms with Gasteiger partial charge < -0.3 is 11.1 Å². The van der Waals surface area contributed by atoms with E-state index < -0.39 is 15.7 Å². The largest absolute Gasteiger partial charge is 0.365 e. The van der Waals surface area contributed by atoms with Crippen molar-refractivity contribution in [2.45, 2.75) is 39.0 Å². The van der Waals surface area contributed by atoms with Gasteiger partial charge in [0.25, 0.3) is 5.91 Å². The molecule has 2 atom stereocenters. The third-order valence-electron chi connectivity index (χ3n) is 4.81. The first kappa shape index (κ1) is 17.4. The van der Waals surface area contributed by atoms with E-state index in [-0.39, 0.29) is 29.8 Å². The fourth-order valence-electron chi connectivity index (χ4n) is 3.57. The molecule has 2 aliphatic rings. The predicted octanol–water partition coefficient (Wildman–Crippen LogP) is 1.74. The van der Waals surface area contributed by atoms with Crippen LogP contribution in [0.15, 0.2) is 0 Å². The van der Waals surface area contributed by atoms with Gasteiger partial charge in [0.1, 0.15) is 5.00 Å². The Labute approximate surface area is 145 Å². The molecule has 3 N–H and O–H groups in total. The average molecular weight is 370 g/mol. The van der Waals surface area contributed by atoms with Crippen molar-refractivity contribution in [3.63, 3.8) is 0 Å². The molecule has 1 fully saturated rings. The predicted molar refractivity (Wildman–Crippen MR) is 94.0 cm³/mol. The van der Waals surface area contributed by atoms with E-state index in [1.807, 2.05) is 0 Å². The molecule has 24 heavy (non-hydrogen) atoms. The van der Waals surface area contributed by atoms with Crippen LogP contribution in [0.2, 0.25) is 0 Å². The number of amides is 2. The van der Waals surface area contributed by atoms with Gasteiger partial charge in [0.15, 0.2) is 9.84 Å². The average Bonchev–Trinajstić information content (AvgIpc) is 2.97. The molecule has 1 aliphatic carbocycles. The standard InChI is InChI=1S/C16H22N2O4S2/c1-9-2-3-11-12(6-9)23-16(14(11)15(17)20)18-13(19)7-10-4-5-24(21,22)8-10/h9-10H,2-8H2,1H3,(H2,17,20)(H,18,19)/t9-,10+/m1/s1. The maximum atomic E-state index is 12.3. The summed E-state index contributed by atoms with van der Waals surface area (Å²) in [6, 6.07) is 0. The van der Waals surface area contributed by atoms with Gasteiger partial charge in [0, 0.05) is 11.3 Å². The van der Waals surface area contributed by atoms with Gasteiger partial charge in [-0.25, -0.2) is 8.42 Å². The number of carbonyl (C=O) groups excluding carboxylic acids is 2. The Hall–Kier alpha value is -1.41. The third-order valence-corrected chi connectivity index (χ3v) is 7.82. The molecule has 0 bridgehead atoms. The summed E-state index contributed by atoms with van der Waals surface area (Å²) in [7, 11) is -3.00. The van der Waals surface area contributed by atoms with E-state index in [9.17, 15) is 18.0 Å². The van der Waals surface area contributed by atoms with Crippen molar-refractivity contribution in [1.82, 2.24) is 0 Å². The number of fused-ring (bicyclic) bond motifs is 1. The van der Waals surface area contributed by atoms with Crippen LogP contribution < -0.4 is 11.1 Å². The number of sulfone groups is 1. The molecule has 0 aromatic carbocycles. The minimum atomic E-state index is -3.00. The second-order valence-corrected chi connectivity index (χ2v) is 10.3. The zero-order chi connectivity index (χ0) is 17.5. The van der Waals surface area contributed by atoms with Crippen molar-refractivity contribution in [1.29, 1.82) is 0 Å². The molecule has 2 heterocycles. The van der Waals surface area contributed by atoms with Gasteiger partial charge in [-0.3, -0.25) is 9.59 Å². The molecule has 132 valence electrons. The Morgan fingerprint density at radius 3 is 2.71 bits per heavy atom. The Balaban J connectivity index is 1.75. The second-order valence-electron chi connectivity index (χ2n) is 6.94. The first-order valence-electron chi connectivity index (χ1n) is 8.20. The fraction of sp³-hybridized carbons (Fsp3) is 0.625. The van der Waals surface area contributed by atoms with Crippen LogP contribution in [0.4, 0.5) is 5.00 Å². The normalized spacial score (nSPS) is 25.2. The minimum Gasteiger partial charge on any atom is -0.365 e. The summed E-state index contributed by atoms with van der Waals surface area (Å²) in [4.78, 5) is 25.3. The number of primary amides is 1.